The summed E-state index contributed by atoms with van der Waals surface area (Å²) in [7, 11) is -6.10. The first-order valence-electron chi connectivity index (χ1n) is 28.2. The van der Waals surface area contributed by atoms with E-state index in [9.17, 15) is 41.1 Å². The molecule has 4 fully saturated rings. The van der Waals surface area contributed by atoms with E-state index < -0.39 is 42.8 Å². The average Bonchev–Trinajstić information content (AvgIpc) is 2.37. The number of aliphatic hydroxyl groups excluding tert-OH is 1. The van der Waals surface area contributed by atoms with Crippen molar-refractivity contribution in [2.75, 3.05) is 50.1 Å². The maximum absolute atomic E-state index is 13.3. The van der Waals surface area contributed by atoms with Crippen LogP contribution in [0.4, 0.5) is 10.5 Å². The number of hydrogen-bond donors (Lipinski definition) is 5. The molecule has 2 saturated carbocycles. The number of rotatable bonds is 12. The van der Waals surface area contributed by atoms with E-state index in [0.717, 1.165) is 109 Å². The average molecular weight is 1280 g/mol. The number of aromatic hydroxyl groups is 1. The first-order chi connectivity index (χ1) is 38.1. The Morgan fingerprint density at radius 3 is 1.53 bits per heavy atom. The van der Waals surface area contributed by atoms with Gasteiger partial charge in [-0.3, -0.25) is 34.5 Å². The topological polar surface area (TPSA) is 312 Å². The second-order valence-electron chi connectivity index (χ2n) is 23.8. The predicted molar refractivity (Wildman–Crippen MR) is 318 cm³/mol. The fourth-order valence-electron chi connectivity index (χ4n) is 12.2. The number of phenols is 1. The number of aliphatic hydroxyl groups is 1. The van der Waals surface area contributed by atoms with Crippen molar-refractivity contribution in [2.24, 2.45) is 33.7 Å². The summed E-state index contributed by atoms with van der Waals surface area (Å²) in [6.45, 7) is 18.0. The molecule has 2 saturated heterocycles. The minimum atomic E-state index is -3.60. The number of piperidine rings is 2. The Kier molecular flexibility index (Phi) is 31.3. The number of aliphatic imine (C=N–C) groups is 2. The van der Waals surface area contributed by atoms with Crippen LogP contribution >= 0.6 is 0 Å². The van der Waals surface area contributed by atoms with E-state index in [2.05, 4.69) is 34.7 Å². The number of aryl methyl sites for hydroxylation is 2. The predicted octanol–water partition coefficient (Wildman–Crippen LogP) is 0.680. The van der Waals surface area contributed by atoms with E-state index in [1.165, 1.54) is 8.61 Å². The molecule has 0 bridgehead atoms. The molecule has 2 spiro atoms. The summed E-state index contributed by atoms with van der Waals surface area (Å²) in [6, 6.07) is 3.56. The molecule has 5 heterocycles. The number of fused-ring (bicyclic) bond motifs is 1. The molecule has 26 heteroatoms. The first kappa shape index (κ1) is 78.8. The number of amidine groups is 2. The summed E-state index contributed by atoms with van der Waals surface area (Å²) in [4.78, 5) is 70.7. The van der Waals surface area contributed by atoms with Crippen LogP contribution in [0.2, 0.25) is 0 Å². The summed E-state index contributed by atoms with van der Waals surface area (Å²) in [5.41, 5.74) is 3.46. The quantitative estimate of drug-likeness (QED) is 0.0371. The summed E-state index contributed by atoms with van der Waals surface area (Å²) in [5.74, 6) is 3.55. The molecule has 22 nitrogen and oxygen atoms in total. The van der Waals surface area contributed by atoms with Gasteiger partial charge >= 0.3 is 115 Å². The molecule has 0 unspecified atom stereocenters. The third kappa shape index (κ3) is 19.9. The molecule has 2 aromatic rings. The summed E-state index contributed by atoms with van der Waals surface area (Å²) in [6.07, 6.45) is 10.5. The summed E-state index contributed by atoms with van der Waals surface area (Å²) >= 11 is 0. The number of hydrogen-bond acceptors (Lipinski definition) is 17. The second-order valence-corrected chi connectivity index (χ2v) is 27.9. The van der Waals surface area contributed by atoms with Gasteiger partial charge < -0.3 is 41.9 Å². The van der Waals surface area contributed by atoms with E-state index in [4.69, 9.17) is 34.6 Å². The van der Waals surface area contributed by atoms with Gasteiger partial charge in [0.1, 0.15) is 39.8 Å². The molecule has 5 aliphatic heterocycles. The van der Waals surface area contributed by atoms with E-state index in [-0.39, 0.29) is 198 Å². The van der Waals surface area contributed by atoms with Gasteiger partial charge in [-0.2, -0.15) is 0 Å². The van der Waals surface area contributed by atoms with Crippen LogP contribution in [0.3, 0.4) is 0 Å². The first-order valence-corrected chi connectivity index (χ1v) is 31.4. The largest absolute Gasteiger partial charge is 1.00 e. The minimum absolute atomic E-state index is 0. The van der Waals surface area contributed by atoms with E-state index >= 15 is 0 Å². The summed E-state index contributed by atoms with van der Waals surface area (Å²) in [5, 5.41) is 34.8. The summed E-state index contributed by atoms with van der Waals surface area (Å²) < 4.78 is 66.6. The number of ether oxygens (including phenoxy) is 2. The van der Waals surface area contributed by atoms with Crippen LogP contribution in [0, 0.1) is 51.4 Å². The van der Waals surface area contributed by atoms with Crippen molar-refractivity contribution in [3.05, 3.63) is 51.1 Å². The number of sulfonamides is 2. The van der Waals surface area contributed by atoms with Gasteiger partial charge in [-0.15, -0.1) is 0 Å². The number of amides is 3. The van der Waals surface area contributed by atoms with Crippen molar-refractivity contribution >= 4 is 67.8 Å². The second kappa shape index (κ2) is 33.7. The molecular formula is C59H93K2N7O15S2. The monoisotopic (exact) mass is 1280 g/mol. The number of esters is 1. The molecule has 0 radical (unpaired) electrons. The zero-order chi connectivity index (χ0) is 59.8. The number of nitrogens with one attached hydrogen (secondary N) is 3. The van der Waals surface area contributed by atoms with Crippen LogP contribution in [0.1, 0.15) is 167 Å². The van der Waals surface area contributed by atoms with Crippen molar-refractivity contribution in [1.29, 1.82) is 0 Å². The van der Waals surface area contributed by atoms with Gasteiger partial charge in [0.05, 0.1) is 23.6 Å². The third-order valence-corrected chi connectivity index (χ3v) is 20.7. The Morgan fingerprint density at radius 2 is 1.14 bits per heavy atom. The normalized spacial score (nSPS) is 22.3. The van der Waals surface area contributed by atoms with Crippen molar-refractivity contribution in [3.8, 4) is 11.5 Å². The van der Waals surface area contributed by atoms with Crippen molar-refractivity contribution in [1.82, 2.24) is 19.2 Å². The maximum atomic E-state index is 13.3. The Balaban J connectivity index is 0.000000752. The number of anilines is 1. The zero-order valence-corrected chi connectivity index (χ0v) is 58.6. The number of carbonyl (C=O) groups excluding carboxylic acids is 5. The van der Waals surface area contributed by atoms with Crippen molar-refractivity contribution in [2.45, 2.75) is 190 Å². The smallest absolute Gasteiger partial charge is 1.00 e. The minimum Gasteiger partial charge on any atom is -1.00 e. The molecule has 468 valence electrons. The van der Waals surface area contributed by atoms with Crippen LogP contribution in [0.15, 0.2) is 22.1 Å². The SMILES string of the molecule is C.C.CO.Cc1cc(NC(=O)OC(C)(C)C)c(O)c(C)c1CCS(=O)(=O)N1CCC2(CC1)N=C(C1CCC(C)CC1)NC2=O.Cc1cc2c(c(C)c1CCS(=O)(=O)N1CCC3(CC1)N=C(C1CCC(C)CC1)NC3=O)OC(=O)C2.O=CO[O-].[H-].[K+].[K+]. The standard InChI is InChI=1S/C29H44N4O6S.C26H35N3O5S.CH2O3.CH4O.2CH4.2K.H/c1-18-7-9-21(10-8-18)25-31-26(35)29(32-25)12-14-33(15-13-29)40(37,38)16-11-22-19(2)17-23(24(34)20(22)3)30-27(36)39-28(4,5)6;1-16-4-6-19(7-5-16)24-27-25(31)26(28-24)9-11-29(12-10-26)35(32,33)13-8-21-17(2)14-20-15-22(30)34-23(20)18(21)3;2-1-4-3;1-2;;;;;/h17-18,21,34H,7-16H2,1-6H3,(H,30,36)(H,31,32,35);14,16,19H,4-13,15H2,1-3H3,(H,27,28,31);1,3H;2H,1H3;2*1H4;;;/q;;;;;;2*+1;-1/p-1. The van der Waals surface area contributed by atoms with Crippen molar-refractivity contribution < 1.29 is 175 Å². The molecule has 9 rings (SSSR count). The maximum Gasteiger partial charge on any atom is 1.00 e. The van der Waals surface area contributed by atoms with Gasteiger partial charge in [-0.25, -0.2) is 30.2 Å². The van der Waals surface area contributed by atoms with Gasteiger partial charge in [0.15, 0.2) is 0 Å². The van der Waals surface area contributed by atoms with E-state index in [1.54, 1.807) is 33.8 Å². The molecule has 7 aliphatic rings. The molecular weight excluding hydrogens is 1190 g/mol. The van der Waals surface area contributed by atoms with Crippen molar-refractivity contribution in [3.63, 3.8) is 0 Å². The molecule has 2 aromatic carbocycles. The third-order valence-electron chi connectivity index (χ3n) is 17.0. The van der Waals surface area contributed by atoms with Gasteiger partial charge in [-0.1, -0.05) is 60.5 Å². The molecule has 5 N–H and O–H groups in total. The molecule has 2 aliphatic carbocycles. The van der Waals surface area contributed by atoms with Crippen LogP contribution in [-0.2, 0) is 68.1 Å². The van der Waals surface area contributed by atoms with Crippen LogP contribution in [-0.4, -0.2) is 139 Å². The van der Waals surface area contributed by atoms with Gasteiger partial charge in [0.25, 0.3) is 18.3 Å². The number of carbonyl (C=O) groups is 5. The zero-order valence-electron chi connectivity index (χ0n) is 51.7. The van der Waals surface area contributed by atoms with E-state index in [0.29, 0.717) is 68.3 Å². The Hall–Kier alpha value is -2.26. The van der Waals surface area contributed by atoms with Crippen LogP contribution in [0.5, 0.6) is 11.5 Å². The number of nitrogens with zero attached hydrogens (tertiary/aromatic N) is 4. The van der Waals surface area contributed by atoms with E-state index in [1.807, 2.05) is 26.8 Å². The van der Waals surface area contributed by atoms with Gasteiger partial charge in [0.2, 0.25) is 20.0 Å². The number of benzene rings is 2. The fourth-order valence-corrected chi connectivity index (χ4v) is 15.1. The van der Waals surface area contributed by atoms with Gasteiger partial charge in [-0.05, 0) is 164 Å². The van der Waals surface area contributed by atoms with Crippen LogP contribution < -0.4 is 129 Å². The molecule has 85 heavy (non-hydrogen) atoms. The number of phenolic OH excluding ortho intramolecular Hbond substituents is 1. The van der Waals surface area contributed by atoms with Gasteiger partial charge in [0, 0.05) is 50.7 Å². The molecule has 0 aromatic heterocycles. The molecule has 3 amide bonds. The Labute approximate surface area is 591 Å². The molecule has 0 atom stereocenters. The Morgan fingerprint density at radius 1 is 0.753 bits per heavy atom. The fraction of sp³-hybridized carbons (Fsp3) is 0.678. The Bertz CT molecular complexity index is 2970. The van der Waals surface area contributed by atoms with Crippen LogP contribution in [0.25, 0.3) is 0 Å².